The smallest absolute Gasteiger partial charge is 0.261 e. The Morgan fingerprint density at radius 3 is 1.86 bits per heavy atom. The average Bonchev–Trinajstić information content (AvgIpc) is 3.52. The number of imide groups is 1. The van der Waals surface area contributed by atoms with E-state index in [2.05, 4.69) is 31.0 Å². The van der Waals surface area contributed by atoms with Crippen LogP contribution in [-0.2, 0) is 10.8 Å². The van der Waals surface area contributed by atoms with Crippen LogP contribution >= 0.6 is 0 Å². The fraction of sp³-hybridized carbons (Fsp3) is 0.257. The van der Waals surface area contributed by atoms with Crippen LogP contribution in [0.3, 0.4) is 0 Å². The van der Waals surface area contributed by atoms with E-state index in [1.165, 1.54) is 9.70 Å². The van der Waals surface area contributed by atoms with Gasteiger partial charge in [0.25, 0.3) is 11.8 Å². The Balaban J connectivity index is 1.47. The zero-order chi connectivity index (χ0) is 30.5. The number of hydrogen-bond donors (Lipinski definition) is 1. The van der Waals surface area contributed by atoms with Gasteiger partial charge in [0.2, 0.25) is 0 Å². The zero-order valence-electron chi connectivity index (χ0n) is 25.0. The number of rotatable bonds is 7. The predicted molar refractivity (Wildman–Crippen MR) is 165 cm³/mol. The maximum Gasteiger partial charge on any atom is 0.261 e. The first-order valence-corrected chi connectivity index (χ1v) is 14.4. The van der Waals surface area contributed by atoms with Crippen molar-refractivity contribution in [3.05, 3.63) is 113 Å². The van der Waals surface area contributed by atoms with Gasteiger partial charge in [0.15, 0.2) is 5.75 Å². The molecule has 43 heavy (non-hydrogen) atoms. The number of aromatic nitrogens is 3. The van der Waals surface area contributed by atoms with Crippen molar-refractivity contribution in [2.24, 2.45) is 0 Å². The summed E-state index contributed by atoms with van der Waals surface area (Å²) in [4.78, 5) is 28.7. The molecule has 1 aromatic heterocycles. The lowest BCUT2D eigenvalue weighted by atomic mass is 9.74. The van der Waals surface area contributed by atoms with Crippen molar-refractivity contribution in [3.8, 4) is 17.2 Å². The third-order valence-corrected chi connectivity index (χ3v) is 8.10. The summed E-state index contributed by atoms with van der Waals surface area (Å²) in [5.41, 5.74) is 3.92. The topological polar surface area (TPSA) is 97.6 Å². The van der Waals surface area contributed by atoms with Crippen molar-refractivity contribution < 1.29 is 19.4 Å². The summed E-state index contributed by atoms with van der Waals surface area (Å²) in [6.45, 7) is 10.4. The molecule has 2 heterocycles. The first kappa shape index (κ1) is 28.2. The summed E-state index contributed by atoms with van der Waals surface area (Å²) in [5, 5.41) is 21.4. The molecule has 4 aromatic carbocycles. The Hall–Kier alpha value is -4.98. The lowest BCUT2D eigenvalue weighted by molar-refractivity contribution is 0.0630. The van der Waals surface area contributed by atoms with Crippen LogP contribution < -0.4 is 4.74 Å². The first-order chi connectivity index (χ1) is 20.5. The second-order valence-electron chi connectivity index (χ2n) is 12.4. The van der Waals surface area contributed by atoms with Crippen molar-refractivity contribution in [3.63, 3.8) is 0 Å². The molecule has 0 atom stereocenters. The van der Waals surface area contributed by atoms with Gasteiger partial charge in [0.1, 0.15) is 29.1 Å². The second-order valence-corrected chi connectivity index (χ2v) is 12.4. The summed E-state index contributed by atoms with van der Waals surface area (Å²) < 4.78 is 6.53. The number of ether oxygens (including phenoxy) is 1. The van der Waals surface area contributed by atoms with Crippen molar-refractivity contribution in [2.45, 2.75) is 45.4 Å². The van der Waals surface area contributed by atoms with Gasteiger partial charge in [-0.3, -0.25) is 14.5 Å². The monoisotopic (exact) mass is 574 g/mol. The molecule has 8 nitrogen and oxygen atoms in total. The van der Waals surface area contributed by atoms with Crippen LogP contribution in [0.15, 0.2) is 84.9 Å². The van der Waals surface area contributed by atoms with Gasteiger partial charge in [-0.1, -0.05) is 89.2 Å². The quantitative estimate of drug-likeness (QED) is 0.225. The molecule has 0 aliphatic carbocycles. The summed E-state index contributed by atoms with van der Waals surface area (Å²) in [5.74, 6) is -0.158. The summed E-state index contributed by atoms with van der Waals surface area (Å²) in [7, 11) is 0. The van der Waals surface area contributed by atoms with Crippen LogP contribution in [0.4, 0.5) is 0 Å². The number of carbonyl (C=O) groups excluding carboxylic acids is 2. The molecule has 0 bridgehead atoms. The van der Waals surface area contributed by atoms with Gasteiger partial charge in [-0.2, -0.15) is 0 Å². The minimum Gasteiger partial charge on any atom is -0.505 e. The maximum absolute atomic E-state index is 13.0. The van der Waals surface area contributed by atoms with Gasteiger partial charge < -0.3 is 9.84 Å². The third-order valence-electron chi connectivity index (χ3n) is 8.10. The average molecular weight is 575 g/mol. The number of amides is 2. The molecule has 1 aliphatic heterocycles. The molecule has 0 saturated carbocycles. The minimum atomic E-state index is -0.710. The molecule has 1 N–H and O–H groups in total. The minimum absolute atomic E-state index is 0.00195. The Bertz CT molecular complexity index is 1800. The summed E-state index contributed by atoms with van der Waals surface area (Å²) >= 11 is 0. The van der Waals surface area contributed by atoms with Crippen LogP contribution in [0.2, 0.25) is 0 Å². The predicted octanol–water partition coefficient (Wildman–Crippen LogP) is 6.42. The molecule has 0 radical (unpaired) electrons. The molecular formula is C35H34N4O4. The largest absolute Gasteiger partial charge is 0.505 e. The third kappa shape index (κ3) is 4.82. The van der Waals surface area contributed by atoms with E-state index in [1.54, 1.807) is 24.3 Å². The Labute approximate surface area is 250 Å². The van der Waals surface area contributed by atoms with Gasteiger partial charge in [0, 0.05) is 16.5 Å². The molecule has 5 aromatic rings. The lowest BCUT2D eigenvalue weighted by Gasteiger charge is -2.34. The highest BCUT2D eigenvalue weighted by atomic mass is 16.5. The van der Waals surface area contributed by atoms with Gasteiger partial charge in [0.05, 0.1) is 17.7 Å². The van der Waals surface area contributed by atoms with Crippen LogP contribution in [-0.4, -0.2) is 50.0 Å². The Morgan fingerprint density at radius 1 is 0.767 bits per heavy atom. The molecular weight excluding hydrogens is 540 g/mol. The van der Waals surface area contributed by atoms with Crippen LogP contribution in [0.5, 0.6) is 11.5 Å². The van der Waals surface area contributed by atoms with Crippen molar-refractivity contribution in [2.75, 3.05) is 13.2 Å². The van der Waals surface area contributed by atoms with Crippen molar-refractivity contribution >= 4 is 22.8 Å². The van der Waals surface area contributed by atoms with Crippen molar-refractivity contribution in [1.29, 1.82) is 0 Å². The van der Waals surface area contributed by atoms with E-state index in [9.17, 15) is 14.7 Å². The van der Waals surface area contributed by atoms with Crippen LogP contribution in [0, 0.1) is 0 Å². The van der Waals surface area contributed by atoms with Gasteiger partial charge in [-0.25, -0.2) is 0 Å². The van der Waals surface area contributed by atoms with Crippen LogP contribution in [0.1, 0.15) is 72.0 Å². The molecule has 6 rings (SSSR count). The lowest BCUT2D eigenvalue weighted by Crippen LogP contribution is -2.34. The van der Waals surface area contributed by atoms with E-state index in [1.807, 2.05) is 74.5 Å². The number of nitrogens with zero attached hydrogens (tertiary/aromatic N) is 4. The highest BCUT2D eigenvalue weighted by Crippen LogP contribution is 2.49. The number of aromatic hydroxyl groups is 1. The first-order valence-electron chi connectivity index (χ1n) is 14.4. The summed E-state index contributed by atoms with van der Waals surface area (Å²) in [6.07, 6.45) is 0. The summed E-state index contributed by atoms with van der Waals surface area (Å²) in [6, 6.07) is 26.2. The number of fused-ring (bicyclic) bond motifs is 2. The number of hydrogen-bond acceptors (Lipinski definition) is 6. The fourth-order valence-electron chi connectivity index (χ4n) is 5.73. The maximum atomic E-state index is 13.0. The molecule has 0 spiro atoms. The van der Waals surface area contributed by atoms with Crippen LogP contribution in [0.25, 0.3) is 16.7 Å². The Kier molecular flexibility index (Phi) is 6.80. The molecule has 8 heteroatoms. The number of carbonyl (C=O) groups is 2. The second kappa shape index (κ2) is 10.4. The van der Waals surface area contributed by atoms with Crippen molar-refractivity contribution in [1.82, 2.24) is 19.9 Å². The fourth-order valence-corrected chi connectivity index (χ4v) is 5.73. The zero-order valence-corrected chi connectivity index (χ0v) is 25.0. The van der Waals surface area contributed by atoms with E-state index in [-0.39, 0.29) is 30.7 Å². The normalized spacial score (nSPS) is 13.6. The van der Waals surface area contributed by atoms with Gasteiger partial charge in [-0.05, 0) is 41.3 Å². The SMILES string of the molecule is CC(C)(C)c1cc(-n2nc3ccccc3n2)c(O)c(C(C)(C)c2ccccc2)c1OCCN1C(=O)c2ccccc2C1=O. The number of phenols is 1. The molecule has 2 amide bonds. The Morgan fingerprint density at radius 2 is 1.30 bits per heavy atom. The standard InChI is InChI=1S/C35H34N4O4/c1-34(2,3)25-21-28(39-36-26-17-11-12-18-27(26)37-39)30(40)29(35(4,5)22-13-7-6-8-14-22)31(25)43-20-19-38-32(41)23-15-9-10-16-24(23)33(38)42/h6-18,21,40H,19-20H2,1-5H3. The molecule has 0 fully saturated rings. The van der Waals surface area contributed by atoms with Gasteiger partial charge >= 0.3 is 0 Å². The number of phenolic OH excluding ortho intramolecular Hbond substituents is 1. The highest BCUT2D eigenvalue weighted by molar-refractivity contribution is 6.21. The van der Waals surface area contributed by atoms with E-state index in [4.69, 9.17) is 4.74 Å². The van der Waals surface area contributed by atoms with E-state index in [0.717, 1.165) is 11.1 Å². The van der Waals surface area contributed by atoms with E-state index < -0.39 is 10.8 Å². The highest BCUT2D eigenvalue weighted by Gasteiger charge is 2.38. The van der Waals surface area contributed by atoms with Gasteiger partial charge in [-0.15, -0.1) is 15.0 Å². The molecule has 218 valence electrons. The molecule has 1 aliphatic rings. The number of benzene rings is 4. The van der Waals surface area contributed by atoms with E-state index in [0.29, 0.717) is 39.2 Å². The van der Waals surface area contributed by atoms with E-state index >= 15 is 0 Å². The molecule has 0 saturated heterocycles. The molecule has 0 unspecified atom stereocenters.